The van der Waals surface area contributed by atoms with Crippen molar-refractivity contribution in [1.82, 2.24) is 10.6 Å². The highest BCUT2D eigenvalue weighted by Gasteiger charge is 2.27. The first kappa shape index (κ1) is 19.8. The molecule has 0 aromatic heterocycles. The van der Waals surface area contributed by atoms with E-state index in [1.54, 1.807) is 18.2 Å². The summed E-state index contributed by atoms with van der Waals surface area (Å²) in [6.07, 6.45) is 3.02. The predicted octanol–water partition coefficient (Wildman–Crippen LogP) is 3.77. The fourth-order valence-electron chi connectivity index (χ4n) is 3.86. The zero-order valence-corrected chi connectivity index (χ0v) is 15.8. The standard InChI is InChI=1S/C22H24FN3O2/c1-14(18-10-19(23)13-21(27)12-18)26-20-7-6-17(11-20)15-2-4-16(5-3-15)22(28)25-9-8-24/h2-5,10,12-14,17,20,26-27H,6-7,9,11H2,1H3,(H,25,28). The summed E-state index contributed by atoms with van der Waals surface area (Å²) in [5, 5.41) is 24.2. The molecule has 0 bridgehead atoms. The number of phenolic OH excluding ortho intramolecular Hbond substituents is 1. The number of amides is 1. The minimum absolute atomic E-state index is 0.00215. The monoisotopic (exact) mass is 381 g/mol. The van der Waals surface area contributed by atoms with Crippen LogP contribution in [0.4, 0.5) is 4.39 Å². The van der Waals surface area contributed by atoms with Gasteiger partial charge in [-0.05, 0) is 67.5 Å². The maximum Gasteiger partial charge on any atom is 0.252 e. The second-order valence-electron chi connectivity index (χ2n) is 7.30. The average molecular weight is 381 g/mol. The number of rotatable bonds is 6. The van der Waals surface area contributed by atoms with Gasteiger partial charge in [0.1, 0.15) is 18.1 Å². The summed E-state index contributed by atoms with van der Waals surface area (Å²) in [5.74, 6) is -0.341. The number of hydrogen-bond acceptors (Lipinski definition) is 4. The topological polar surface area (TPSA) is 85.2 Å². The summed E-state index contributed by atoms with van der Waals surface area (Å²) in [5.41, 5.74) is 2.47. The predicted molar refractivity (Wildman–Crippen MR) is 104 cm³/mol. The van der Waals surface area contributed by atoms with Crippen LogP contribution in [-0.2, 0) is 0 Å². The van der Waals surface area contributed by atoms with Crippen molar-refractivity contribution < 1.29 is 14.3 Å². The normalized spacial score (nSPS) is 19.8. The fourth-order valence-corrected chi connectivity index (χ4v) is 3.86. The van der Waals surface area contributed by atoms with Crippen molar-refractivity contribution in [2.24, 2.45) is 0 Å². The van der Waals surface area contributed by atoms with E-state index in [1.165, 1.54) is 11.6 Å². The van der Waals surface area contributed by atoms with Crippen LogP contribution in [0.25, 0.3) is 0 Å². The minimum atomic E-state index is -0.438. The van der Waals surface area contributed by atoms with Gasteiger partial charge in [0.15, 0.2) is 0 Å². The molecule has 2 aromatic rings. The van der Waals surface area contributed by atoms with Gasteiger partial charge in [0, 0.05) is 23.7 Å². The SMILES string of the molecule is CC(NC1CCC(c2ccc(C(=O)NCC#N)cc2)C1)c1cc(O)cc(F)c1. The molecule has 0 radical (unpaired) electrons. The molecular formula is C22H24FN3O2. The van der Waals surface area contributed by atoms with E-state index in [0.29, 0.717) is 17.5 Å². The number of nitrogens with zero attached hydrogens (tertiary/aromatic N) is 1. The van der Waals surface area contributed by atoms with Gasteiger partial charge in [-0.25, -0.2) is 4.39 Å². The molecule has 0 aliphatic heterocycles. The Bertz CT molecular complexity index is 856. The molecule has 0 heterocycles. The van der Waals surface area contributed by atoms with Gasteiger partial charge in [0.2, 0.25) is 0 Å². The molecule has 1 amide bonds. The second kappa shape index (κ2) is 8.85. The van der Waals surface area contributed by atoms with Crippen LogP contribution >= 0.6 is 0 Å². The molecule has 3 atom stereocenters. The van der Waals surface area contributed by atoms with Crippen molar-refractivity contribution in [2.75, 3.05) is 6.54 Å². The first-order chi connectivity index (χ1) is 13.5. The highest BCUT2D eigenvalue weighted by atomic mass is 19.1. The summed E-state index contributed by atoms with van der Waals surface area (Å²) in [6.45, 7) is 1.97. The molecule has 0 saturated heterocycles. The quantitative estimate of drug-likeness (QED) is 0.665. The van der Waals surface area contributed by atoms with Gasteiger partial charge in [-0.3, -0.25) is 4.79 Å². The summed E-state index contributed by atoms with van der Waals surface area (Å²) in [6, 6.07) is 13.8. The van der Waals surface area contributed by atoms with E-state index in [0.717, 1.165) is 30.9 Å². The number of nitriles is 1. The lowest BCUT2D eigenvalue weighted by Gasteiger charge is -2.20. The third-order valence-corrected chi connectivity index (χ3v) is 5.30. The first-order valence-electron chi connectivity index (χ1n) is 9.47. The summed E-state index contributed by atoms with van der Waals surface area (Å²) >= 11 is 0. The van der Waals surface area contributed by atoms with E-state index in [1.807, 2.05) is 25.1 Å². The number of hydrogen-bond donors (Lipinski definition) is 3. The average Bonchev–Trinajstić information content (AvgIpc) is 3.14. The van der Waals surface area contributed by atoms with Gasteiger partial charge >= 0.3 is 0 Å². The third kappa shape index (κ3) is 4.87. The second-order valence-corrected chi connectivity index (χ2v) is 7.30. The van der Waals surface area contributed by atoms with Crippen molar-refractivity contribution in [2.45, 2.75) is 44.2 Å². The number of carbonyl (C=O) groups excluding carboxylic acids is 1. The zero-order chi connectivity index (χ0) is 20.1. The molecule has 0 spiro atoms. The molecule has 3 rings (SSSR count). The molecule has 3 N–H and O–H groups in total. The zero-order valence-electron chi connectivity index (χ0n) is 15.8. The number of phenols is 1. The van der Waals surface area contributed by atoms with Gasteiger partial charge in [0.05, 0.1) is 6.07 Å². The highest BCUT2D eigenvalue weighted by molar-refractivity contribution is 5.94. The van der Waals surface area contributed by atoms with Crippen LogP contribution in [0.15, 0.2) is 42.5 Å². The van der Waals surface area contributed by atoms with Crippen molar-refractivity contribution in [3.63, 3.8) is 0 Å². The lowest BCUT2D eigenvalue weighted by Crippen LogP contribution is -2.29. The van der Waals surface area contributed by atoms with E-state index in [9.17, 15) is 14.3 Å². The van der Waals surface area contributed by atoms with E-state index >= 15 is 0 Å². The van der Waals surface area contributed by atoms with E-state index in [2.05, 4.69) is 10.6 Å². The summed E-state index contributed by atoms with van der Waals surface area (Å²) < 4.78 is 13.5. The molecule has 1 fully saturated rings. The Labute approximate surface area is 164 Å². The molecule has 3 unspecified atom stereocenters. The maximum atomic E-state index is 13.5. The Kier molecular flexibility index (Phi) is 6.27. The molecule has 1 aliphatic rings. The molecular weight excluding hydrogens is 357 g/mol. The molecule has 146 valence electrons. The fraction of sp³-hybridized carbons (Fsp3) is 0.364. The first-order valence-corrected chi connectivity index (χ1v) is 9.47. The molecule has 5 nitrogen and oxygen atoms in total. The maximum absolute atomic E-state index is 13.5. The van der Waals surface area contributed by atoms with Gasteiger partial charge in [-0.1, -0.05) is 12.1 Å². The van der Waals surface area contributed by atoms with Gasteiger partial charge < -0.3 is 15.7 Å². The number of nitrogens with one attached hydrogen (secondary N) is 2. The lowest BCUT2D eigenvalue weighted by atomic mass is 9.96. The molecule has 1 aliphatic carbocycles. The number of benzene rings is 2. The number of aromatic hydroxyl groups is 1. The van der Waals surface area contributed by atoms with E-state index in [4.69, 9.17) is 5.26 Å². The number of carbonyl (C=O) groups is 1. The Morgan fingerprint density at radius 2 is 2.04 bits per heavy atom. The van der Waals surface area contributed by atoms with Gasteiger partial charge in [-0.15, -0.1) is 0 Å². The lowest BCUT2D eigenvalue weighted by molar-refractivity contribution is 0.0958. The third-order valence-electron chi connectivity index (χ3n) is 5.30. The van der Waals surface area contributed by atoms with Crippen LogP contribution in [-0.4, -0.2) is 23.6 Å². The summed E-state index contributed by atoms with van der Waals surface area (Å²) in [4.78, 5) is 11.9. The van der Waals surface area contributed by atoms with Crippen LogP contribution in [0.1, 0.15) is 59.6 Å². The van der Waals surface area contributed by atoms with E-state index in [-0.39, 0.29) is 24.2 Å². The Hall–Kier alpha value is -2.91. The van der Waals surface area contributed by atoms with Crippen molar-refractivity contribution >= 4 is 5.91 Å². The summed E-state index contributed by atoms with van der Waals surface area (Å²) in [7, 11) is 0. The van der Waals surface area contributed by atoms with Crippen molar-refractivity contribution in [3.05, 3.63) is 65.0 Å². The molecule has 28 heavy (non-hydrogen) atoms. The van der Waals surface area contributed by atoms with Crippen LogP contribution < -0.4 is 10.6 Å². The smallest absolute Gasteiger partial charge is 0.252 e. The van der Waals surface area contributed by atoms with Crippen LogP contribution in [0.3, 0.4) is 0 Å². The minimum Gasteiger partial charge on any atom is -0.508 e. The van der Waals surface area contributed by atoms with Gasteiger partial charge in [-0.2, -0.15) is 5.26 Å². The van der Waals surface area contributed by atoms with Crippen LogP contribution in [0.2, 0.25) is 0 Å². The Morgan fingerprint density at radius 1 is 1.29 bits per heavy atom. The molecule has 6 heteroatoms. The van der Waals surface area contributed by atoms with Crippen molar-refractivity contribution in [3.8, 4) is 11.8 Å². The van der Waals surface area contributed by atoms with Gasteiger partial charge in [0.25, 0.3) is 5.91 Å². The Morgan fingerprint density at radius 3 is 2.71 bits per heavy atom. The highest BCUT2D eigenvalue weighted by Crippen LogP contribution is 2.35. The van der Waals surface area contributed by atoms with Crippen molar-refractivity contribution in [1.29, 1.82) is 5.26 Å². The number of halogens is 1. The largest absolute Gasteiger partial charge is 0.508 e. The Balaban J connectivity index is 1.57. The van der Waals surface area contributed by atoms with E-state index < -0.39 is 5.82 Å². The molecule has 2 aromatic carbocycles. The van der Waals surface area contributed by atoms with Crippen LogP contribution in [0, 0.1) is 17.1 Å². The molecule has 1 saturated carbocycles. The van der Waals surface area contributed by atoms with Crippen LogP contribution in [0.5, 0.6) is 5.75 Å².